The van der Waals surface area contributed by atoms with Crippen LogP contribution in [0.2, 0.25) is 0 Å². The van der Waals surface area contributed by atoms with E-state index in [2.05, 4.69) is 191 Å². The Balaban J connectivity index is 1.24. The van der Waals surface area contributed by atoms with Crippen LogP contribution in [0.4, 0.5) is 17.1 Å². The van der Waals surface area contributed by atoms with Crippen molar-refractivity contribution in [3.05, 3.63) is 182 Å². The van der Waals surface area contributed by atoms with Crippen LogP contribution in [0.25, 0.3) is 71.3 Å². The number of aromatic nitrogens is 1. The largest absolute Gasteiger partial charge is 0.456 e. The van der Waals surface area contributed by atoms with Crippen LogP contribution in [0, 0.1) is 0 Å². The topological polar surface area (TPSA) is 21.3 Å². The molecule has 0 N–H and O–H groups in total. The molecule has 0 spiro atoms. The van der Waals surface area contributed by atoms with E-state index in [-0.39, 0.29) is 0 Å². The third-order valence-corrected chi connectivity index (χ3v) is 9.74. The molecule has 8 aromatic carbocycles. The molecule has 0 aliphatic rings. The summed E-state index contributed by atoms with van der Waals surface area (Å²) < 4.78 is 8.97. The van der Waals surface area contributed by atoms with Gasteiger partial charge in [0.15, 0.2) is 0 Å². The molecule has 10 rings (SSSR count). The second-order valence-corrected chi connectivity index (χ2v) is 12.6. The fourth-order valence-corrected chi connectivity index (χ4v) is 7.50. The van der Waals surface area contributed by atoms with Crippen molar-refractivity contribution in [3.8, 4) is 16.8 Å². The summed E-state index contributed by atoms with van der Waals surface area (Å²) >= 11 is 0. The van der Waals surface area contributed by atoms with Gasteiger partial charge in [0.05, 0.1) is 16.7 Å². The van der Waals surface area contributed by atoms with Crippen molar-refractivity contribution in [1.29, 1.82) is 0 Å². The molecule has 0 radical (unpaired) electrons. The van der Waals surface area contributed by atoms with E-state index < -0.39 is 0 Å². The lowest BCUT2D eigenvalue weighted by atomic mass is 10.0. The highest BCUT2D eigenvalue weighted by molar-refractivity contribution is 6.12. The molecule has 10 aromatic rings. The van der Waals surface area contributed by atoms with E-state index in [1.807, 2.05) is 0 Å². The van der Waals surface area contributed by atoms with Crippen molar-refractivity contribution >= 4 is 71.6 Å². The SMILES string of the molecule is c1ccc(-c2ccccc2N(c2ccc3c(c2)oc2cc4ccccc4cc23)c2ccc3c4ccccc4n(-c4ccccc4)c3c2)cc1. The summed E-state index contributed by atoms with van der Waals surface area (Å²) in [5.74, 6) is 0. The number of rotatable bonds is 5. The lowest BCUT2D eigenvalue weighted by Gasteiger charge is -2.28. The minimum absolute atomic E-state index is 0.865. The monoisotopic (exact) mass is 626 g/mol. The van der Waals surface area contributed by atoms with Crippen LogP contribution < -0.4 is 4.90 Å². The predicted molar refractivity (Wildman–Crippen MR) is 206 cm³/mol. The molecule has 3 heteroatoms. The van der Waals surface area contributed by atoms with E-state index in [1.54, 1.807) is 0 Å². The molecule has 0 aliphatic carbocycles. The average Bonchev–Trinajstić information content (AvgIpc) is 3.69. The fraction of sp³-hybridized carbons (Fsp3) is 0. The van der Waals surface area contributed by atoms with Crippen molar-refractivity contribution in [3.63, 3.8) is 0 Å². The number of benzene rings is 8. The second kappa shape index (κ2) is 11.0. The normalized spacial score (nSPS) is 11.7. The van der Waals surface area contributed by atoms with Crippen molar-refractivity contribution < 1.29 is 4.42 Å². The van der Waals surface area contributed by atoms with E-state index in [1.165, 1.54) is 32.6 Å². The van der Waals surface area contributed by atoms with Crippen molar-refractivity contribution in [2.75, 3.05) is 4.90 Å². The third-order valence-electron chi connectivity index (χ3n) is 9.74. The molecule has 230 valence electrons. The van der Waals surface area contributed by atoms with Gasteiger partial charge in [-0.3, -0.25) is 0 Å². The Kier molecular flexibility index (Phi) is 6.18. The van der Waals surface area contributed by atoms with Crippen LogP contribution >= 0.6 is 0 Å². The summed E-state index contributed by atoms with van der Waals surface area (Å²) in [6.45, 7) is 0. The second-order valence-electron chi connectivity index (χ2n) is 12.6. The number of fused-ring (bicyclic) bond motifs is 7. The molecule has 0 amide bonds. The Morgan fingerprint density at radius 2 is 1.02 bits per heavy atom. The van der Waals surface area contributed by atoms with Gasteiger partial charge in [-0.05, 0) is 77.0 Å². The lowest BCUT2D eigenvalue weighted by molar-refractivity contribution is 0.669. The molecule has 0 unspecified atom stereocenters. The van der Waals surface area contributed by atoms with Gasteiger partial charge in [-0.25, -0.2) is 0 Å². The summed E-state index contributed by atoms with van der Waals surface area (Å²) in [5.41, 5.74) is 10.8. The number of hydrogen-bond acceptors (Lipinski definition) is 2. The first-order valence-corrected chi connectivity index (χ1v) is 16.7. The number of hydrogen-bond donors (Lipinski definition) is 0. The average molecular weight is 627 g/mol. The van der Waals surface area contributed by atoms with Crippen LogP contribution in [0.3, 0.4) is 0 Å². The van der Waals surface area contributed by atoms with Crippen molar-refractivity contribution in [2.24, 2.45) is 0 Å². The number of anilines is 3. The highest BCUT2D eigenvalue weighted by atomic mass is 16.3. The number of furan rings is 1. The van der Waals surface area contributed by atoms with Gasteiger partial charge in [-0.1, -0.05) is 115 Å². The molecule has 2 aromatic heterocycles. The van der Waals surface area contributed by atoms with E-state index in [0.717, 1.165) is 55.8 Å². The van der Waals surface area contributed by atoms with Crippen molar-refractivity contribution in [2.45, 2.75) is 0 Å². The maximum absolute atomic E-state index is 6.59. The van der Waals surface area contributed by atoms with Gasteiger partial charge in [0, 0.05) is 50.2 Å². The van der Waals surface area contributed by atoms with E-state index in [4.69, 9.17) is 4.42 Å². The smallest absolute Gasteiger partial charge is 0.137 e. The van der Waals surface area contributed by atoms with Gasteiger partial charge >= 0.3 is 0 Å². The highest BCUT2D eigenvalue weighted by Crippen LogP contribution is 2.44. The van der Waals surface area contributed by atoms with Crippen LogP contribution in [0.15, 0.2) is 186 Å². The first kappa shape index (κ1) is 27.5. The first-order valence-electron chi connectivity index (χ1n) is 16.7. The highest BCUT2D eigenvalue weighted by Gasteiger charge is 2.21. The van der Waals surface area contributed by atoms with Gasteiger partial charge in [0.2, 0.25) is 0 Å². The van der Waals surface area contributed by atoms with Crippen LogP contribution in [0.1, 0.15) is 0 Å². The number of para-hydroxylation sites is 3. The minimum Gasteiger partial charge on any atom is -0.456 e. The molecule has 3 nitrogen and oxygen atoms in total. The maximum Gasteiger partial charge on any atom is 0.137 e. The van der Waals surface area contributed by atoms with Gasteiger partial charge in [0.1, 0.15) is 11.2 Å². The van der Waals surface area contributed by atoms with Crippen LogP contribution in [-0.2, 0) is 0 Å². The molecule has 2 heterocycles. The predicted octanol–water partition coefficient (Wildman–Crippen LogP) is 13.0. The standard InChI is InChI=1S/C46H30N2O/c1-3-13-31(14-4-1)37-19-9-11-21-42(37)47(36-24-26-40-41-27-32-15-7-8-16-33(32)28-45(41)49-46(40)30-36)35-23-25-39-38-20-10-12-22-43(38)48(44(39)29-35)34-17-5-2-6-18-34/h1-30H. The molecule has 49 heavy (non-hydrogen) atoms. The Bertz CT molecular complexity index is 2830. The summed E-state index contributed by atoms with van der Waals surface area (Å²) in [6, 6.07) is 65.0. The van der Waals surface area contributed by atoms with Gasteiger partial charge in [-0.2, -0.15) is 0 Å². The zero-order valence-electron chi connectivity index (χ0n) is 26.6. The lowest BCUT2D eigenvalue weighted by Crippen LogP contribution is -2.11. The van der Waals surface area contributed by atoms with Gasteiger partial charge in [-0.15, -0.1) is 0 Å². The van der Waals surface area contributed by atoms with Crippen LogP contribution in [0.5, 0.6) is 0 Å². The molecule has 0 aliphatic heterocycles. The maximum atomic E-state index is 6.59. The van der Waals surface area contributed by atoms with E-state index >= 15 is 0 Å². The minimum atomic E-state index is 0.865. The first-order chi connectivity index (χ1) is 24.3. The third kappa shape index (κ3) is 4.44. The van der Waals surface area contributed by atoms with Gasteiger partial charge in [0.25, 0.3) is 0 Å². The molecule has 0 bridgehead atoms. The Morgan fingerprint density at radius 3 is 1.86 bits per heavy atom. The van der Waals surface area contributed by atoms with Crippen LogP contribution in [-0.4, -0.2) is 4.57 Å². The molecule has 0 saturated carbocycles. The quantitative estimate of drug-likeness (QED) is 0.190. The Hall–Kier alpha value is -6.58. The molecular weight excluding hydrogens is 597 g/mol. The Morgan fingerprint density at radius 1 is 0.408 bits per heavy atom. The molecule has 0 atom stereocenters. The summed E-state index contributed by atoms with van der Waals surface area (Å²) in [7, 11) is 0. The zero-order valence-corrected chi connectivity index (χ0v) is 26.6. The summed E-state index contributed by atoms with van der Waals surface area (Å²) in [4.78, 5) is 2.37. The number of nitrogens with zero attached hydrogens (tertiary/aromatic N) is 2. The fourth-order valence-electron chi connectivity index (χ4n) is 7.50. The summed E-state index contributed by atoms with van der Waals surface area (Å²) in [6.07, 6.45) is 0. The Labute approximate surface area is 283 Å². The zero-order chi connectivity index (χ0) is 32.3. The molecular formula is C46H30N2O. The molecule has 0 saturated heterocycles. The summed E-state index contributed by atoms with van der Waals surface area (Å²) in [5, 5.41) is 7.09. The van der Waals surface area contributed by atoms with Gasteiger partial charge < -0.3 is 13.9 Å². The van der Waals surface area contributed by atoms with Crippen molar-refractivity contribution in [1.82, 2.24) is 4.57 Å². The van der Waals surface area contributed by atoms with E-state index in [0.29, 0.717) is 0 Å². The molecule has 0 fully saturated rings. The van der Waals surface area contributed by atoms with E-state index in [9.17, 15) is 0 Å².